The summed E-state index contributed by atoms with van der Waals surface area (Å²) in [6, 6.07) is 9.02. The second-order valence-electron chi connectivity index (χ2n) is 8.47. The zero-order valence-corrected chi connectivity index (χ0v) is 22.0. The third-order valence-corrected chi connectivity index (χ3v) is 7.89. The van der Waals surface area contributed by atoms with Gasteiger partial charge >= 0.3 is 0 Å². The number of amides is 2. The van der Waals surface area contributed by atoms with Crippen LogP contribution in [-0.4, -0.2) is 34.6 Å². The SMILES string of the molecule is CC(C(=O)NC1CCCCC1)N(Cc1ccc(Cl)cc1Cl)C(=O)CSCc1c(F)cccc1Cl. The molecule has 9 heteroatoms. The number of rotatable bonds is 9. The quantitative estimate of drug-likeness (QED) is 0.373. The summed E-state index contributed by atoms with van der Waals surface area (Å²) >= 11 is 19.7. The largest absolute Gasteiger partial charge is 0.352 e. The van der Waals surface area contributed by atoms with Crippen LogP contribution in [0.4, 0.5) is 4.39 Å². The van der Waals surface area contributed by atoms with E-state index in [4.69, 9.17) is 34.8 Å². The highest BCUT2D eigenvalue weighted by molar-refractivity contribution is 7.99. The first-order valence-electron chi connectivity index (χ1n) is 11.3. The molecule has 4 nitrogen and oxygen atoms in total. The molecule has 0 heterocycles. The Morgan fingerprint density at radius 1 is 1.12 bits per heavy atom. The molecule has 1 aliphatic carbocycles. The van der Waals surface area contributed by atoms with E-state index in [0.717, 1.165) is 25.7 Å². The van der Waals surface area contributed by atoms with Gasteiger partial charge in [0.05, 0.1) is 5.75 Å². The number of benzene rings is 2. The summed E-state index contributed by atoms with van der Waals surface area (Å²) in [5.41, 5.74) is 1.05. The van der Waals surface area contributed by atoms with Crippen LogP contribution in [0.5, 0.6) is 0 Å². The smallest absolute Gasteiger partial charge is 0.242 e. The highest BCUT2D eigenvalue weighted by Crippen LogP contribution is 2.26. The molecule has 1 fully saturated rings. The standard InChI is InChI=1S/C25H28Cl3FN2O2S/c1-16(25(33)30-19-6-3-2-4-7-19)31(13-17-10-11-18(26)12-22(17)28)24(32)15-34-14-20-21(27)8-5-9-23(20)29/h5,8-12,16,19H,2-4,6-7,13-15H2,1H3,(H,30,33). The minimum Gasteiger partial charge on any atom is -0.352 e. The van der Waals surface area contributed by atoms with Crippen LogP contribution >= 0.6 is 46.6 Å². The lowest BCUT2D eigenvalue weighted by atomic mass is 9.95. The fourth-order valence-corrected chi connectivity index (χ4v) is 5.70. The molecule has 3 rings (SSSR count). The van der Waals surface area contributed by atoms with E-state index in [1.807, 2.05) is 0 Å². The predicted octanol–water partition coefficient (Wildman–Crippen LogP) is 6.89. The summed E-state index contributed by atoms with van der Waals surface area (Å²) < 4.78 is 14.1. The molecule has 184 valence electrons. The second-order valence-corrected chi connectivity index (χ2v) is 10.7. The lowest BCUT2D eigenvalue weighted by Gasteiger charge is -2.31. The van der Waals surface area contributed by atoms with Gasteiger partial charge in [0.2, 0.25) is 11.8 Å². The molecule has 2 amide bonds. The Morgan fingerprint density at radius 2 is 1.85 bits per heavy atom. The van der Waals surface area contributed by atoms with Crippen LogP contribution in [0, 0.1) is 5.82 Å². The van der Waals surface area contributed by atoms with Gasteiger partial charge in [-0.25, -0.2) is 4.39 Å². The molecule has 1 aliphatic rings. The van der Waals surface area contributed by atoms with Crippen molar-refractivity contribution in [3.05, 3.63) is 68.4 Å². The Balaban J connectivity index is 1.71. The first-order chi connectivity index (χ1) is 16.3. The maximum absolute atomic E-state index is 14.1. The molecular weight excluding hydrogens is 518 g/mol. The number of carbonyl (C=O) groups excluding carboxylic acids is 2. The summed E-state index contributed by atoms with van der Waals surface area (Å²) in [5.74, 6) is -0.522. The molecule has 0 saturated heterocycles. The first-order valence-corrected chi connectivity index (χ1v) is 13.6. The molecule has 0 bridgehead atoms. The van der Waals surface area contributed by atoms with Gasteiger partial charge in [0.1, 0.15) is 11.9 Å². The molecule has 0 aliphatic heterocycles. The van der Waals surface area contributed by atoms with Gasteiger partial charge in [-0.05, 0) is 49.6 Å². The van der Waals surface area contributed by atoms with Crippen molar-refractivity contribution in [3.63, 3.8) is 0 Å². The summed E-state index contributed by atoms with van der Waals surface area (Å²) in [6.07, 6.45) is 5.28. The topological polar surface area (TPSA) is 49.4 Å². The van der Waals surface area contributed by atoms with Crippen LogP contribution in [0.15, 0.2) is 36.4 Å². The number of nitrogens with zero attached hydrogens (tertiary/aromatic N) is 1. The molecular formula is C25H28Cl3FN2O2S. The van der Waals surface area contributed by atoms with Crippen molar-refractivity contribution in [2.45, 2.75) is 63.4 Å². The molecule has 1 atom stereocenters. The zero-order chi connectivity index (χ0) is 24.7. The van der Waals surface area contributed by atoms with E-state index in [-0.39, 0.29) is 35.9 Å². The predicted molar refractivity (Wildman–Crippen MR) is 139 cm³/mol. The van der Waals surface area contributed by atoms with Crippen molar-refractivity contribution in [1.29, 1.82) is 0 Å². The van der Waals surface area contributed by atoms with E-state index in [0.29, 0.717) is 26.2 Å². The summed E-state index contributed by atoms with van der Waals surface area (Å²) in [5, 5.41) is 4.34. The van der Waals surface area contributed by atoms with E-state index < -0.39 is 11.9 Å². The van der Waals surface area contributed by atoms with E-state index in [1.165, 1.54) is 29.1 Å². The van der Waals surface area contributed by atoms with Crippen LogP contribution < -0.4 is 5.32 Å². The van der Waals surface area contributed by atoms with Gasteiger partial charge < -0.3 is 10.2 Å². The molecule has 1 N–H and O–H groups in total. The summed E-state index contributed by atoms with van der Waals surface area (Å²) in [6.45, 7) is 1.88. The lowest BCUT2D eigenvalue weighted by Crippen LogP contribution is -2.50. The Hall–Kier alpha value is -1.47. The maximum Gasteiger partial charge on any atom is 0.242 e. The van der Waals surface area contributed by atoms with Crippen molar-refractivity contribution < 1.29 is 14.0 Å². The number of hydrogen-bond donors (Lipinski definition) is 1. The number of nitrogens with one attached hydrogen (secondary N) is 1. The van der Waals surface area contributed by atoms with Crippen LogP contribution in [-0.2, 0) is 21.9 Å². The van der Waals surface area contributed by atoms with Gasteiger partial charge in [-0.1, -0.05) is 66.2 Å². The van der Waals surface area contributed by atoms with Crippen LogP contribution in [0.2, 0.25) is 15.1 Å². The fourth-order valence-electron chi connectivity index (χ4n) is 3.98. The van der Waals surface area contributed by atoms with E-state index in [9.17, 15) is 14.0 Å². The molecule has 2 aromatic carbocycles. The third kappa shape index (κ3) is 7.51. The van der Waals surface area contributed by atoms with E-state index in [1.54, 1.807) is 37.3 Å². The van der Waals surface area contributed by atoms with E-state index in [2.05, 4.69) is 5.32 Å². The number of hydrogen-bond acceptors (Lipinski definition) is 3. The number of carbonyl (C=O) groups is 2. The first kappa shape index (κ1) is 27.1. The Labute approximate surface area is 219 Å². The minimum atomic E-state index is -0.696. The van der Waals surface area contributed by atoms with Crippen LogP contribution in [0.1, 0.15) is 50.2 Å². The third-order valence-electron chi connectivity index (χ3n) is 6.01. The van der Waals surface area contributed by atoms with Crippen molar-refractivity contribution >= 4 is 58.4 Å². The Morgan fingerprint density at radius 3 is 2.53 bits per heavy atom. The minimum absolute atomic E-state index is 0.0664. The molecule has 0 aromatic heterocycles. The molecule has 0 spiro atoms. The van der Waals surface area contributed by atoms with Crippen molar-refractivity contribution in [2.75, 3.05) is 5.75 Å². The Kier molecular flexibility index (Phi) is 10.4. The summed E-state index contributed by atoms with van der Waals surface area (Å²) in [7, 11) is 0. The van der Waals surface area contributed by atoms with Gasteiger partial charge in [-0.2, -0.15) is 0 Å². The molecule has 34 heavy (non-hydrogen) atoms. The molecule has 1 saturated carbocycles. The van der Waals surface area contributed by atoms with Crippen molar-refractivity contribution in [1.82, 2.24) is 10.2 Å². The van der Waals surface area contributed by atoms with Crippen molar-refractivity contribution in [2.24, 2.45) is 0 Å². The normalized spacial score (nSPS) is 15.1. The number of thioether (sulfide) groups is 1. The highest BCUT2D eigenvalue weighted by atomic mass is 35.5. The monoisotopic (exact) mass is 544 g/mol. The maximum atomic E-state index is 14.1. The molecule has 2 aromatic rings. The van der Waals surface area contributed by atoms with Crippen LogP contribution in [0.25, 0.3) is 0 Å². The zero-order valence-electron chi connectivity index (χ0n) is 19.0. The van der Waals surface area contributed by atoms with Gasteiger partial charge in [-0.15, -0.1) is 11.8 Å². The second kappa shape index (κ2) is 13.0. The van der Waals surface area contributed by atoms with Gasteiger partial charge in [-0.3, -0.25) is 9.59 Å². The number of halogens is 4. The average molecular weight is 546 g/mol. The van der Waals surface area contributed by atoms with Crippen molar-refractivity contribution in [3.8, 4) is 0 Å². The molecule has 1 unspecified atom stereocenters. The van der Waals surface area contributed by atoms with E-state index >= 15 is 0 Å². The fraction of sp³-hybridized carbons (Fsp3) is 0.440. The average Bonchev–Trinajstić information content (AvgIpc) is 2.80. The lowest BCUT2D eigenvalue weighted by molar-refractivity contribution is -0.139. The van der Waals surface area contributed by atoms with Gasteiger partial charge in [0.15, 0.2) is 0 Å². The summed E-state index contributed by atoms with van der Waals surface area (Å²) in [4.78, 5) is 27.8. The van der Waals surface area contributed by atoms with Crippen LogP contribution in [0.3, 0.4) is 0 Å². The van der Waals surface area contributed by atoms with Gasteiger partial charge in [0, 0.05) is 39.0 Å². The van der Waals surface area contributed by atoms with Gasteiger partial charge in [0.25, 0.3) is 0 Å². The molecule has 0 radical (unpaired) electrons. The highest BCUT2D eigenvalue weighted by Gasteiger charge is 2.28. The Bertz CT molecular complexity index is 997.